The van der Waals surface area contributed by atoms with Crippen molar-refractivity contribution in [1.29, 1.82) is 0 Å². The van der Waals surface area contributed by atoms with Crippen molar-refractivity contribution < 1.29 is 18.3 Å². The van der Waals surface area contributed by atoms with Crippen LogP contribution in [0.5, 0.6) is 5.75 Å². The maximum Gasteiger partial charge on any atom is 0.182 e. The van der Waals surface area contributed by atoms with E-state index >= 15 is 0 Å². The van der Waals surface area contributed by atoms with E-state index in [-0.39, 0.29) is 5.75 Å². The first kappa shape index (κ1) is 10.6. The molecule has 0 amide bonds. The standard InChI is InChI=1S/C9H9F2NO2/c1-14-7-3-2-5(10)8(9(7)11)6(13)4-12/h2-3H,4,12H2,1H3. The summed E-state index contributed by atoms with van der Waals surface area (Å²) in [4.78, 5) is 11.1. The number of carbonyl (C=O) groups is 1. The topological polar surface area (TPSA) is 52.3 Å². The summed E-state index contributed by atoms with van der Waals surface area (Å²) in [5.41, 5.74) is 4.36. The van der Waals surface area contributed by atoms with E-state index in [1.54, 1.807) is 0 Å². The first-order valence-corrected chi connectivity index (χ1v) is 3.87. The Labute approximate surface area is 79.5 Å². The number of benzene rings is 1. The molecule has 0 bridgehead atoms. The van der Waals surface area contributed by atoms with Crippen LogP contribution in [-0.2, 0) is 0 Å². The van der Waals surface area contributed by atoms with Gasteiger partial charge in [-0.05, 0) is 12.1 Å². The highest BCUT2D eigenvalue weighted by molar-refractivity contribution is 5.98. The molecule has 0 aliphatic rings. The maximum absolute atomic E-state index is 13.3. The summed E-state index contributed by atoms with van der Waals surface area (Å²) in [6.45, 7) is -0.443. The number of ketones is 1. The minimum atomic E-state index is -1.01. The molecule has 3 nitrogen and oxygen atoms in total. The summed E-state index contributed by atoms with van der Waals surface area (Å²) >= 11 is 0. The number of methoxy groups -OCH3 is 1. The van der Waals surface area contributed by atoms with E-state index in [1.807, 2.05) is 0 Å². The van der Waals surface area contributed by atoms with Gasteiger partial charge in [0.1, 0.15) is 5.82 Å². The lowest BCUT2D eigenvalue weighted by molar-refractivity contribution is 0.0992. The van der Waals surface area contributed by atoms with Gasteiger partial charge in [-0.25, -0.2) is 8.78 Å². The van der Waals surface area contributed by atoms with Gasteiger partial charge in [0.25, 0.3) is 0 Å². The van der Waals surface area contributed by atoms with E-state index in [4.69, 9.17) is 5.73 Å². The minimum Gasteiger partial charge on any atom is -0.494 e. The number of carbonyl (C=O) groups excluding carboxylic acids is 1. The highest BCUT2D eigenvalue weighted by Crippen LogP contribution is 2.22. The van der Waals surface area contributed by atoms with Crippen LogP contribution in [0.3, 0.4) is 0 Å². The van der Waals surface area contributed by atoms with E-state index < -0.39 is 29.5 Å². The zero-order valence-corrected chi connectivity index (χ0v) is 7.51. The van der Waals surface area contributed by atoms with E-state index in [1.165, 1.54) is 7.11 Å². The second-order valence-electron chi connectivity index (χ2n) is 2.57. The number of halogens is 2. The Morgan fingerprint density at radius 1 is 1.50 bits per heavy atom. The van der Waals surface area contributed by atoms with Crippen molar-refractivity contribution in [3.8, 4) is 5.75 Å². The summed E-state index contributed by atoms with van der Waals surface area (Å²) in [5, 5.41) is 0. The van der Waals surface area contributed by atoms with Crippen LogP contribution in [0.2, 0.25) is 0 Å². The van der Waals surface area contributed by atoms with Gasteiger partial charge in [0.05, 0.1) is 19.2 Å². The third-order valence-corrected chi connectivity index (χ3v) is 1.74. The second kappa shape index (κ2) is 4.15. The molecule has 76 valence electrons. The van der Waals surface area contributed by atoms with Gasteiger partial charge in [0.15, 0.2) is 17.3 Å². The minimum absolute atomic E-state index is 0.178. The quantitative estimate of drug-likeness (QED) is 0.745. The van der Waals surface area contributed by atoms with Gasteiger partial charge < -0.3 is 10.5 Å². The lowest BCUT2D eigenvalue weighted by Gasteiger charge is -2.06. The number of rotatable bonds is 3. The van der Waals surface area contributed by atoms with Gasteiger partial charge in [-0.15, -0.1) is 0 Å². The third kappa shape index (κ3) is 1.72. The second-order valence-corrected chi connectivity index (χ2v) is 2.57. The fourth-order valence-electron chi connectivity index (χ4n) is 1.05. The van der Waals surface area contributed by atoms with E-state index in [2.05, 4.69) is 4.74 Å². The Balaban J connectivity index is 3.32. The summed E-state index contributed by atoms with van der Waals surface area (Å²) in [6, 6.07) is 2.07. The fraction of sp³-hybridized carbons (Fsp3) is 0.222. The largest absolute Gasteiger partial charge is 0.494 e. The molecular weight excluding hydrogens is 192 g/mol. The number of nitrogens with two attached hydrogens (primary N) is 1. The molecule has 5 heteroatoms. The highest BCUT2D eigenvalue weighted by Gasteiger charge is 2.19. The van der Waals surface area contributed by atoms with Crippen molar-refractivity contribution >= 4 is 5.78 Å². The maximum atomic E-state index is 13.3. The Hall–Kier alpha value is -1.49. The van der Waals surface area contributed by atoms with Gasteiger partial charge in [0.2, 0.25) is 0 Å². The van der Waals surface area contributed by atoms with Gasteiger partial charge >= 0.3 is 0 Å². The van der Waals surface area contributed by atoms with Gasteiger partial charge in [-0.2, -0.15) is 0 Å². The zero-order valence-electron chi connectivity index (χ0n) is 7.51. The first-order valence-electron chi connectivity index (χ1n) is 3.87. The number of Topliss-reactive ketones (excluding diaryl/α,β-unsaturated/α-hetero) is 1. The molecule has 14 heavy (non-hydrogen) atoms. The van der Waals surface area contributed by atoms with E-state index in [0.29, 0.717) is 0 Å². The summed E-state index contributed by atoms with van der Waals surface area (Å²) in [5.74, 6) is -2.91. The predicted molar refractivity (Wildman–Crippen MR) is 46.3 cm³/mol. The summed E-state index contributed by atoms with van der Waals surface area (Å²) < 4.78 is 31.0. The van der Waals surface area contributed by atoms with Gasteiger partial charge in [-0.1, -0.05) is 0 Å². The average Bonchev–Trinajstić information content (AvgIpc) is 2.18. The Morgan fingerprint density at radius 3 is 2.64 bits per heavy atom. The molecule has 0 saturated heterocycles. The molecular formula is C9H9F2NO2. The Kier molecular flexibility index (Phi) is 3.14. The molecule has 1 aromatic carbocycles. The van der Waals surface area contributed by atoms with Crippen LogP contribution in [0.25, 0.3) is 0 Å². The van der Waals surface area contributed by atoms with Crippen molar-refractivity contribution in [2.45, 2.75) is 0 Å². The van der Waals surface area contributed by atoms with E-state index in [9.17, 15) is 13.6 Å². The molecule has 1 aromatic rings. The zero-order chi connectivity index (χ0) is 10.7. The van der Waals surface area contributed by atoms with Crippen LogP contribution >= 0.6 is 0 Å². The Morgan fingerprint density at radius 2 is 2.14 bits per heavy atom. The Bertz CT molecular complexity index is 366. The average molecular weight is 201 g/mol. The van der Waals surface area contributed by atoms with Crippen molar-refractivity contribution in [2.75, 3.05) is 13.7 Å². The van der Waals surface area contributed by atoms with Crippen molar-refractivity contribution in [2.24, 2.45) is 5.73 Å². The van der Waals surface area contributed by atoms with Crippen LogP contribution in [0, 0.1) is 11.6 Å². The molecule has 0 aliphatic carbocycles. The van der Waals surface area contributed by atoms with Gasteiger partial charge in [0, 0.05) is 0 Å². The summed E-state index contributed by atoms with van der Waals surface area (Å²) in [7, 11) is 1.23. The van der Waals surface area contributed by atoms with Crippen molar-refractivity contribution in [1.82, 2.24) is 0 Å². The lowest BCUT2D eigenvalue weighted by atomic mass is 10.1. The van der Waals surface area contributed by atoms with Gasteiger partial charge in [-0.3, -0.25) is 4.79 Å². The van der Waals surface area contributed by atoms with Crippen LogP contribution in [0.1, 0.15) is 10.4 Å². The number of hydrogen-bond acceptors (Lipinski definition) is 3. The van der Waals surface area contributed by atoms with Crippen LogP contribution in [0.4, 0.5) is 8.78 Å². The molecule has 0 radical (unpaired) electrons. The van der Waals surface area contributed by atoms with Crippen LogP contribution < -0.4 is 10.5 Å². The number of ether oxygens (including phenoxy) is 1. The molecule has 0 aromatic heterocycles. The van der Waals surface area contributed by atoms with Crippen LogP contribution in [-0.4, -0.2) is 19.4 Å². The van der Waals surface area contributed by atoms with E-state index in [0.717, 1.165) is 12.1 Å². The fourth-order valence-corrected chi connectivity index (χ4v) is 1.05. The molecule has 1 rings (SSSR count). The molecule has 0 unspecified atom stereocenters. The molecule has 0 saturated carbocycles. The van der Waals surface area contributed by atoms with Crippen molar-refractivity contribution in [3.05, 3.63) is 29.3 Å². The molecule has 0 aliphatic heterocycles. The predicted octanol–water partition coefficient (Wildman–Crippen LogP) is 1.11. The van der Waals surface area contributed by atoms with Crippen molar-refractivity contribution in [3.63, 3.8) is 0 Å². The summed E-state index contributed by atoms with van der Waals surface area (Å²) in [6.07, 6.45) is 0. The van der Waals surface area contributed by atoms with Crippen LogP contribution in [0.15, 0.2) is 12.1 Å². The lowest BCUT2D eigenvalue weighted by Crippen LogP contribution is -2.17. The molecule has 0 atom stereocenters. The molecule has 0 fully saturated rings. The monoisotopic (exact) mass is 201 g/mol. The SMILES string of the molecule is COc1ccc(F)c(C(=O)CN)c1F. The molecule has 0 heterocycles. The number of hydrogen-bond donors (Lipinski definition) is 1. The molecule has 0 spiro atoms. The normalized spacial score (nSPS) is 10.0. The first-order chi connectivity index (χ1) is 6.61. The highest BCUT2D eigenvalue weighted by atomic mass is 19.1. The molecule has 2 N–H and O–H groups in total. The third-order valence-electron chi connectivity index (χ3n) is 1.74. The smallest absolute Gasteiger partial charge is 0.182 e.